The Kier molecular flexibility index (Phi) is 5.44. The molecule has 0 aliphatic rings. The Morgan fingerprint density at radius 3 is 2.64 bits per heavy atom. The molecule has 0 spiro atoms. The Hall–Kier alpha value is -0.710. The molecule has 1 atom stereocenters. The summed E-state index contributed by atoms with van der Waals surface area (Å²) in [6.45, 7) is 2.84. The third kappa shape index (κ3) is 3.57. The molecule has 1 aromatic rings. The molecule has 0 aliphatic heterocycles. The van der Waals surface area contributed by atoms with Gasteiger partial charge in [0, 0.05) is 11.4 Å². The van der Waals surface area contributed by atoms with Crippen LogP contribution in [0.1, 0.15) is 19.8 Å². The minimum absolute atomic E-state index is 0.731. The van der Waals surface area contributed by atoms with Gasteiger partial charge in [0.15, 0.2) is 0 Å². The highest BCUT2D eigenvalue weighted by Crippen LogP contribution is 2.09. The number of unbranched alkanes of at least 4 members (excludes halogenated alkanes) is 1. The molecule has 1 rings (SSSR count). The van der Waals surface area contributed by atoms with E-state index in [4.69, 9.17) is 5.26 Å². The molecule has 4 heteroatoms. The summed E-state index contributed by atoms with van der Waals surface area (Å²) in [6.07, 6.45) is 2.13. The first kappa shape index (κ1) is 11.4. The Morgan fingerprint density at radius 1 is 1.36 bits per heavy atom. The van der Waals surface area contributed by atoms with E-state index in [-0.39, 0.29) is 0 Å². The molecule has 0 bridgehead atoms. The van der Waals surface area contributed by atoms with Crippen molar-refractivity contribution in [1.29, 1.82) is 0 Å². The first-order valence-corrected chi connectivity index (χ1v) is 5.78. The van der Waals surface area contributed by atoms with Crippen LogP contribution in [0.15, 0.2) is 39.6 Å². The van der Waals surface area contributed by atoms with Crippen molar-refractivity contribution in [2.24, 2.45) is 4.36 Å². The second kappa shape index (κ2) is 6.70. The van der Waals surface area contributed by atoms with Crippen LogP contribution < -0.4 is 0 Å². The van der Waals surface area contributed by atoms with Crippen LogP contribution in [0.3, 0.4) is 0 Å². The Morgan fingerprint density at radius 2 is 2.07 bits per heavy atom. The van der Waals surface area contributed by atoms with Crippen LogP contribution in [0.25, 0.3) is 0 Å². The molecule has 0 saturated heterocycles. The summed E-state index contributed by atoms with van der Waals surface area (Å²) in [5.41, 5.74) is 0. The highest BCUT2D eigenvalue weighted by molar-refractivity contribution is 7.82. The molecule has 0 saturated carbocycles. The maximum absolute atomic E-state index is 8.70. The van der Waals surface area contributed by atoms with E-state index in [2.05, 4.69) is 15.6 Å². The minimum Gasteiger partial charge on any atom is -0.238 e. The number of hydrogen-bond donors (Lipinski definition) is 1. The van der Waals surface area contributed by atoms with Crippen LogP contribution in [-0.4, -0.2) is 11.8 Å². The van der Waals surface area contributed by atoms with Crippen molar-refractivity contribution in [3.63, 3.8) is 0 Å². The molecular formula is C10H15NO2S. The topological polar surface area (TPSA) is 41.8 Å². The Bertz CT molecular complexity index is 287. The largest absolute Gasteiger partial charge is 0.238 e. The van der Waals surface area contributed by atoms with Gasteiger partial charge in [0.2, 0.25) is 0 Å². The summed E-state index contributed by atoms with van der Waals surface area (Å²) >= 11 is 0. The van der Waals surface area contributed by atoms with E-state index in [1.165, 1.54) is 0 Å². The first-order chi connectivity index (χ1) is 6.88. The monoisotopic (exact) mass is 213 g/mol. The smallest absolute Gasteiger partial charge is 0.0986 e. The molecule has 78 valence electrons. The zero-order valence-corrected chi connectivity index (χ0v) is 9.04. The van der Waals surface area contributed by atoms with E-state index in [9.17, 15) is 0 Å². The van der Waals surface area contributed by atoms with Crippen molar-refractivity contribution < 1.29 is 9.59 Å². The van der Waals surface area contributed by atoms with Crippen LogP contribution in [0.2, 0.25) is 0 Å². The van der Waals surface area contributed by atoms with E-state index < -0.39 is 11.0 Å². The van der Waals surface area contributed by atoms with Crippen LogP contribution >= 0.6 is 0 Å². The summed E-state index contributed by atoms with van der Waals surface area (Å²) in [7, 11) is -0.816. The zero-order valence-electron chi connectivity index (χ0n) is 8.22. The maximum atomic E-state index is 8.70. The van der Waals surface area contributed by atoms with E-state index in [0.717, 1.165) is 24.3 Å². The van der Waals surface area contributed by atoms with Crippen LogP contribution in [0, 0.1) is 0 Å². The lowest BCUT2D eigenvalue weighted by atomic mass is 10.3. The molecule has 3 nitrogen and oxygen atoms in total. The highest BCUT2D eigenvalue weighted by Gasteiger charge is 1.99. The van der Waals surface area contributed by atoms with Gasteiger partial charge >= 0.3 is 0 Å². The van der Waals surface area contributed by atoms with Crippen molar-refractivity contribution in [1.82, 2.24) is 0 Å². The number of benzene rings is 1. The predicted octanol–water partition coefficient (Wildman–Crippen LogP) is 3.05. The zero-order chi connectivity index (χ0) is 10.2. The van der Waals surface area contributed by atoms with E-state index in [0.29, 0.717) is 0 Å². The summed E-state index contributed by atoms with van der Waals surface area (Å²) in [5.74, 6) is 0. The lowest BCUT2D eigenvalue weighted by Gasteiger charge is -2.02. The van der Waals surface area contributed by atoms with Crippen LogP contribution in [0.4, 0.5) is 0 Å². The summed E-state index contributed by atoms with van der Waals surface area (Å²) < 4.78 is 8.60. The molecule has 14 heavy (non-hydrogen) atoms. The van der Waals surface area contributed by atoms with E-state index in [1.807, 2.05) is 30.3 Å². The van der Waals surface area contributed by atoms with Gasteiger partial charge in [-0.25, -0.2) is 9.62 Å². The molecule has 0 aliphatic carbocycles. The lowest BCUT2D eigenvalue weighted by molar-refractivity contribution is -0.120. The van der Waals surface area contributed by atoms with Gasteiger partial charge in [-0.15, -0.1) is 0 Å². The van der Waals surface area contributed by atoms with Crippen LogP contribution in [0.5, 0.6) is 0 Å². The lowest BCUT2D eigenvalue weighted by Crippen LogP contribution is -1.95. The molecule has 0 radical (unpaired) electrons. The van der Waals surface area contributed by atoms with Gasteiger partial charge in [0.05, 0.1) is 11.0 Å². The molecule has 1 unspecified atom stereocenters. The molecule has 1 N–H and O–H groups in total. The van der Waals surface area contributed by atoms with Crippen molar-refractivity contribution in [3.05, 3.63) is 30.3 Å². The average Bonchev–Trinajstić information content (AvgIpc) is 2.26. The quantitative estimate of drug-likeness (QED) is 0.464. The van der Waals surface area contributed by atoms with Gasteiger partial charge in [0.1, 0.15) is 0 Å². The van der Waals surface area contributed by atoms with Gasteiger partial charge in [-0.05, 0) is 18.6 Å². The first-order valence-electron chi connectivity index (χ1n) is 4.67. The SMILES string of the molecule is CCCCN=S(OO)c1ccccc1. The fraction of sp³-hybridized carbons (Fsp3) is 0.400. The normalized spacial score (nSPS) is 13.0. The summed E-state index contributed by atoms with van der Waals surface area (Å²) in [4.78, 5) is 0.908. The third-order valence-electron chi connectivity index (χ3n) is 1.74. The van der Waals surface area contributed by atoms with Crippen molar-refractivity contribution in [2.75, 3.05) is 6.54 Å². The van der Waals surface area contributed by atoms with Gasteiger partial charge in [-0.2, -0.15) is 4.33 Å². The number of rotatable bonds is 5. The fourth-order valence-corrected chi connectivity index (χ4v) is 1.95. The van der Waals surface area contributed by atoms with Crippen molar-refractivity contribution in [2.45, 2.75) is 24.7 Å². The van der Waals surface area contributed by atoms with E-state index >= 15 is 0 Å². The van der Waals surface area contributed by atoms with Crippen molar-refractivity contribution in [3.8, 4) is 0 Å². The predicted molar refractivity (Wildman–Crippen MR) is 58.0 cm³/mol. The minimum atomic E-state index is -0.816. The molecule has 0 fully saturated rings. The van der Waals surface area contributed by atoms with Gasteiger partial charge in [-0.3, -0.25) is 0 Å². The second-order valence-corrected chi connectivity index (χ2v) is 4.22. The Labute approximate surface area is 87.0 Å². The number of nitrogens with zero attached hydrogens (tertiary/aromatic N) is 1. The van der Waals surface area contributed by atoms with Gasteiger partial charge in [-0.1, -0.05) is 31.5 Å². The maximum Gasteiger partial charge on any atom is 0.0986 e. The molecular weight excluding hydrogens is 198 g/mol. The molecule has 1 aromatic carbocycles. The second-order valence-electron chi connectivity index (χ2n) is 2.84. The van der Waals surface area contributed by atoms with E-state index in [1.54, 1.807) is 0 Å². The van der Waals surface area contributed by atoms with Gasteiger partial charge < -0.3 is 0 Å². The number of hydrogen-bond acceptors (Lipinski definition) is 3. The van der Waals surface area contributed by atoms with Gasteiger partial charge in [0.25, 0.3) is 0 Å². The Balaban J connectivity index is 2.67. The van der Waals surface area contributed by atoms with Crippen LogP contribution in [-0.2, 0) is 15.3 Å². The molecule has 0 aromatic heterocycles. The fourth-order valence-electron chi connectivity index (χ4n) is 0.984. The highest BCUT2D eigenvalue weighted by atomic mass is 32.2. The summed E-state index contributed by atoms with van der Waals surface area (Å²) in [5, 5.41) is 8.70. The molecule has 0 amide bonds. The average molecular weight is 213 g/mol. The third-order valence-corrected chi connectivity index (χ3v) is 2.97. The standard InChI is InChI=1S/C10H15NO2S/c1-2-3-9-11-14(13-12)10-7-5-4-6-8-10/h4-8,12H,2-3,9H2,1H3. The molecule has 0 heterocycles. The van der Waals surface area contributed by atoms with Crippen molar-refractivity contribution >= 4 is 11.0 Å². The summed E-state index contributed by atoms with van der Waals surface area (Å²) in [6, 6.07) is 9.53.